The fourth-order valence-electron chi connectivity index (χ4n) is 1.45. The van der Waals surface area contributed by atoms with E-state index in [1.165, 1.54) is 6.33 Å². The summed E-state index contributed by atoms with van der Waals surface area (Å²) in [7, 11) is 0. The fourth-order valence-corrected chi connectivity index (χ4v) is 2.10. The van der Waals surface area contributed by atoms with Gasteiger partial charge in [0.05, 0.1) is 11.6 Å². The molecule has 0 aliphatic carbocycles. The van der Waals surface area contributed by atoms with Gasteiger partial charge in [0.1, 0.15) is 11.5 Å². The van der Waals surface area contributed by atoms with Crippen LogP contribution in [0.2, 0.25) is 5.15 Å². The van der Waals surface area contributed by atoms with Gasteiger partial charge in [0.15, 0.2) is 5.82 Å². The Morgan fingerprint density at radius 2 is 2.25 bits per heavy atom. The fraction of sp³-hybridized carbons (Fsp3) is 0.300. The van der Waals surface area contributed by atoms with Crippen LogP contribution in [-0.4, -0.2) is 19.7 Å². The summed E-state index contributed by atoms with van der Waals surface area (Å²) < 4.78 is 1.58. The summed E-state index contributed by atoms with van der Waals surface area (Å²) in [5, 5.41) is 4.90. The van der Waals surface area contributed by atoms with Crippen LogP contribution in [0, 0.1) is 0 Å². The van der Waals surface area contributed by atoms with Crippen molar-refractivity contribution in [1.29, 1.82) is 0 Å². The van der Waals surface area contributed by atoms with Gasteiger partial charge in [-0.3, -0.25) is 0 Å². The smallest absolute Gasteiger partial charge is 0.158 e. The van der Waals surface area contributed by atoms with Crippen molar-refractivity contribution in [3.8, 4) is 5.82 Å². The average molecular weight is 257 g/mol. The molecule has 0 aromatic carbocycles. The normalized spacial score (nSPS) is 10.7. The van der Waals surface area contributed by atoms with Crippen LogP contribution in [0.4, 0.5) is 0 Å². The number of hydrogen-bond donors (Lipinski definition) is 0. The predicted octanol–water partition coefficient (Wildman–Crippen LogP) is 2.62. The maximum absolute atomic E-state index is 6.20. The Balaban J connectivity index is 2.54. The molecular weight excluding hydrogens is 247 g/mol. The van der Waals surface area contributed by atoms with Crippen molar-refractivity contribution in [3.63, 3.8) is 0 Å². The summed E-state index contributed by atoms with van der Waals surface area (Å²) in [5.41, 5.74) is 1.77. The van der Waals surface area contributed by atoms with Crippen LogP contribution >= 0.6 is 23.2 Å². The van der Waals surface area contributed by atoms with E-state index >= 15 is 0 Å². The third-order valence-corrected chi connectivity index (χ3v) is 2.91. The predicted molar refractivity (Wildman–Crippen MR) is 63.1 cm³/mol. The minimum absolute atomic E-state index is 0.354. The first-order chi connectivity index (χ1) is 7.77. The van der Waals surface area contributed by atoms with E-state index in [0.717, 1.165) is 17.7 Å². The molecule has 2 aromatic rings. The number of aromatic nitrogens is 4. The highest BCUT2D eigenvalue weighted by molar-refractivity contribution is 6.31. The summed E-state index contributed by atoms with van der Waals surface area (Å²) in [5.74, 6) is 0.999. The van der Waals surface area contributed by atoms with Crippen LogP contribution in [0.25, 0.3) is 5.82 Å². The van der Waals surface area contributed by atoms with E-state index in [1.54, 1.807) is 16.9 Å². The Kier molecular flexibility index (Phi) is 3.41. The van der Waals surface area contributed by atoms with Crippen molar-refractivity contribution in [2.45, 2.75) is 19.2 Å². The molecule has 0 aliphatic rings. The lowest BCUT2D eigenvalue weighted by atomic mass is 10.2. The molecule has 0 unspecified atom stereocenters. The van der Waals surface area contributed by atoms with Gasteiger partial charge in [0.25, 0.3) is 0 Å². The quantitative estimate of drug-likeness (QED) is 0.794. The van der Waals surface area contributed by atoms with Crippen LogP contribution in [-0.2, 0) is 12.3 Å². The van der Waals surface area contributed by atoms with Crippen LogP contribution < -0.4 is 0 Å². The molecule has 2 rings (SSSR count). The number of alkyl halides is 1. The minimum atomic E-state index is 0.354. The van der Waals surface area contributed by atoms with Crippen LogP contribution in [0.15, 0.2) is 18.6 Å². The second kappa shape index (κ2) is 4.80. The molecule has 0 bridgehead atoms. The number of hydrogen-bond acceptors (Lipinski definition) is 3. The molecular formula is C10H10Cl2N4. The number of nitrogens with zero attached hydrogens (tertiary/aromatic N) is 4. The first-order valence-electron chi connectivity index (χ1n) is 4.86. The second-order valence-electron chi connectivity index (χ2n) is 3.18. The van der Waals surface area contributed by atoms with E-state index in [9.17, 15) is 0 Å². The summed E-state index contributed by atoms with van der Waals surface area (Å²) >= 11 is 12.0. The number of halogens is 2. The molecule has 0 radical (unpaired) electrons. The monoisotopic (exact) mass is 256 g/mol. The van der Waals surface area contributed by atoms with Gasteiger partial charge in [-0.15, -0.1) is 11.6 Å². The topological polar surface area (TPSA) is 43.6 Å². The SMILES string of the molecule is CCc1nn(-c2ccncn2)c(Cl)c1CCl. The van der Waals surface area contributed by atoms with Gasteiger partial charge in [-0.25, -0.2) is 14.6 Å². The van der Waals surface area contributed by atoms with E-state index in [4.69, 9.17) is 23.2 Å². The molecule has 2 aromatic heterocycles. The summed E-state index contributed by atoms with van der Waals surface area (Å²) in [6.07, 6.45) is 3.89. The molecule has 0 amide bonds. The van der Waals surface area contributed by atoms with E-state index in [1.807, 2.05) is 6.92 Å². The Morgan fingerprint density at radius 1 is 1.44 bits per heavy atom. The average Bonchev–Trinajstić information content (AvgIpc) is 2.66. The van der Waals surface area contributed by atoms with Crippen molar-refractivity contribution in [2.24, 2.45) is 0 Å². The molecule has 2 heterocycles. The molecule has 4 nitrogen and oxygen atoms in total. The standard InChI is InChI=1S/C10H10Cl2N4/c1-2-8-7(5-11)10(12)16(15-8)9-3-4-13-6-14-9/h3-4,6H,2,5H2,1H3. The molecule has 0 spiro atoms. The molecule has 16 heavy (non-hydrogen) atoms. The number of rotatable bonds is 3. The Morgan fingerprint density at radius 3 is 2.75 bits per heavy atom. The van der Waals surface area contributed by atoms with Gasteiger partial charge in [-0.05, 0) is 6.42 Å². The van der Waals surface area contributed by atoms with Gasteiger partial charge in [0, 0.05) is 17.8 Å². The number of aryl methyl sites for hydroxylation is 1. The first kappa shape index (κ1) is 11.4. The third-order valence-electron chi connectivity index (χ3n) is 2.26. The van der Waals surface area contributed by atoms with Crippen molar-refractivity contribution >= 4 is 23.2 Å². The van der Waals surface area contributed by atoms with Crippen molar-refractivity contribution in [2.75, 3.05) is 0 Å². The maximum atomic E-state index is 6.20. The minimum Gasteiger partial charge on any atom is -0.245 e. The Hall–Kier alpha value is -1.13. The maximum Gasteiger partial charge on any atom is 0.158 e. The van der Waals surface area contributed by atoms with Gasteiger partial charge in [-0.2, -0.15) is 5.10 Å². The molecule has 0 aliphatic heterocycles. The summed E-state index contributed by atoms with van der Waals surface area (Å²) in [6, 6.07) is 1.75. The summed E-state index contributed by atoms with van der Waals surface area (Å²) in [4.78, 5) is 7.94. The first-order valence-corrected chi connectivity index (χ1v) is 5.77. The molecule has 0 saturated heterocycles. The van der Waals surface area contributed by atoms with Crippen molar-refractivity contribution in [3.05, 3.63) is 35.0 Å². The van der Waals surface area contributed by atoms with Crippen LogP contribution in [0.3, 0.4) is 0 Å². The van der Waals surface area contributed by atoms with Gasteiger partial charge < -0.3 is 0 Å². The van der Waals surface area contributed by atoms with E-state index in [2.05, 4.69) is 15.1 Å². The second-order valence-corrected chi connectivity index (χ2v) is 3.81. The molecule has 84 valence electrons. The van der Waals surface area contributed by atoms with Gasteiger partial charge in [-0.1, -0.05) is 18.5 Å². The zero-order chi connectivity index (χ0) is 11.5. The lowest BCUT2D eigenvalue weighted by molar-refractivity contribution is 0.811. The Bertz CT molecular complexity index is 481. The zero-order valence-electron chi connectivity index (χ0n) is 8.69. The van der Waals surface area contributed by atoms with E-state index in [-0.39, 0.29) is 0 Å². The van der Waals surface area contributed by atoms with Gasteiger partial charge in [0.2, 0.25) is 0 Å². The van der Waals surface area contributed by atoms with Crippen molar-refractivity contribution < 1.29 is 0 Å². The highest BCUT2D eigenvalue weighted by Gasteiger charge is 2.15. The molecule has 0 saturated carbocycles. The molecule has 0 N–H and O–H groups in total. The van der Waals surface area contributed by atoms with Crippen LogP contribution in [0.1, 0.15) is 18.2 Å². The molecule has 0 atom stereocenters. The van der Waals surface area contributed by atoms with Gasteiger partial charge >= 0.3 is 0 Å². The lowest BCUT2D eigenvalue weighted by Crippen LogP contribution is -2.00. The highest BCUT2D eigenvalue weighted by atomic mass is 35.5. The van der Waals surface area contributed by atoms with Crippen LogP contribution in [0.5, 0.6) is 0 Å². The van der Waals surface area contributed by atoms with E-state index < -0.39 is 0 Å². The lowest BCUT2D eigenvalue weighted by Gasteiger charge is -2.00. The Labute approximate surface area is 103 Å². The molecule has 0 fully saturated rings. The van der Waals surface area contributed by atoms with Crippen molar-refractivity contribution in [1.82, 2.24) is 19.7 Å². The summed E-state index contributed by atoms with van der Waals surface area (Å²) in [6.45, 7) is 2.01. The van der Waals surface area contributed by atoms with E-state index in [0.29, 0.717) is 16.9 Å². The molecule has 6 heteroatoms. The third kappa shape index (κ3) is 1.90. The highest BCUT2D eigenvalue weighted by Crippen LogP contribution is 2.24. The zero-order valence-corrected chi connectivity index (χ0v) is 10.2. The largest absolute Gasteiger partial charge is 0.245 e.